The predicted octanol–water partition coefficient (Wildman–Crippen LogP) is 3.55. The fraction of sp³-hybridized carbons (Fsp3) is 0.235. The Bertz CT molecular complexity index is 984. The van der Waals surface area contributed by atoms with Gasteiger partial charge in [0.05, 0.1) is 17.3 Å². The molecule has 0 fully saturated rings. The van der Waals surface area contributed by atoms with Crippen molar-refractivity contribution >= 4 is 33.3 Å². The van der Waals surface area contributed by atoms with Crippen LogP contribution in [0.25, 0.3) is 27.5 Å². The van der Waals surface area contributed by atoms with Crippen molar-refractivity contribution in [1.82, 2.24) is 24.5 Å². The van der Waals surface area contributed by atoms with E-state index >= 15 is 0 Å². The lowest BCUT2D eigenvalue weighted by molar-refractivity contribution is 0.425. The molecular weight excluding hydrogens is 352 g/mol. The summed E-state index contributed by atoms with van der Waals surface area (Å²) in [7, 11) is 4.12. The molecule has 0 saturated carbocycles. The van der Waals surface area contributed by atoms with E-state index in [4.69, 9.17) is 4.98 Å². The third kappa shape index (κ3) is 3.41. The summed E-state index contributed by atoms with van der Waals surface area (Å²) in [6, 6.07) is 6.04. The van der Waals surface area contributed by atoms with Gasteiger partial charge in [-0.2, -0.15) is 5.10 Å². The lowest BCUT2D eigenvalue weighted by atomic mass is 10.3. The molecule has 0 aliphatic heterocycles. The number of thiazole rings is 2. The highest BCUT2D eigenvalue weighted by molar-refractivity contribution is 7.14. The second kappa shape index (κ2) is 6.91. The fourth-order valence-corrected chi connectivity index (χ4v) is 4.04. The van der Waals surface area contributed by atoms with E-state index in [1.54, 1.807) is 22.7 Å². The molecule has 6 nitrogen and oxygen atoms in total. The lowest BCUT2D eigenvalue weighted by Gasteiger charge is -2.08. The quantitative estimate of drug-likeness (QED) is 0.562. The monoisotopic (exact) mass is 370 g/mol. The molecule has 0 amide bonds. The smallest absolute Gasteiger partial charge is 0.183 e. The molecular formula is C17H18N6S2. The Morgan fingerprint density at radius 1 is 1.12 bits per heavy atom. The Morgan fingerprint density at radius 2 is 1.96 bits per heavy atom. The van der Waals surface area contributed by atoms with Crippen LogP contribution in [0.1, 0.15) is 0 Å². The van der Waals surface area contributed by atoms with Gasteiger partial charge in [-0.15, -0.1) is 22.7 Å². The van der Waals surface area contributed by atoms with Crippen LogP contribution in [0.15, 0.2) is 41.4 Å². The predicted molar refractivity (Wildman–Crippen MR) is 104 cm³/mol. The SMILES string of the molecule is CN(C)CCNc1nc(-c2csc(-c3cnn4ccccc34)n2)cs1. The largest absolute Gasteiger partial charge is 0.360 e. The Kier molecular flexibility index (Phi) is 4.48. The molecule has 25 heavy (non-hydrogen) atoms. The van der Waals surface area contributed by atoms with E-state index in [-0.39, 0.29) is 0 Å². The average Bonchev–Trinajstić information content (AvgIpc) is 3.33. The first-order valence-electron chi connectivity index (χ1n) is 7.93. The topological polar surface area (TPSA) is 58.3 Å². The van der Waals surface area contributed by atoms with Gasteiger partial charge in [0, 0.05) is 30.0 Å². The normalized spacial score (nSPS) is 11.5. The Balaban J connectivity index is 1.54. The minimum Gasteiger partial charge on any atom is -0.360 e. The zero-order chi connectivity index (χ0) is 17.2. The van der Waals surface area contributed by atoms with Crippen molar-refractivity contribution in [2.24, 2.45) is 0 Å². The Morgan fingerprint density at radius 3 is 2.84 bits per heavy atom. The van der Waals surface area contributed by atoms with Crippen LogP contribution in [0.5, 0.6) is 0 Å². The van der Waals surface area contributed by atoms with Crippen LogP contribution in [-0.2, 0) is 0 Å². The number of nitrogens with one attached hydrogen (secondary N) is 1. The number of rotatable bonds is 6. The molecule has 8 heteroatoms. The summed E-state index contributed by atoms with van der Waals surface area (Å²) in [5.74, 6) is 0. The summed E-state index contributed by atoms with van der Waals surface area (Å²) in [6.45, 7) is 1.86. The van der Waals surface area contributed by atoms with Crippen molar-refractivity contribution in [3.8, 4) is 22.0 Å². The number of nitrogens with zero attached hydrogens (tertiary/aromatic N) is 5. The van der Waals surface area contributed by atoms with Crippen LogP contribution >= 0.6 is 22.7 Å². The zero-order valence-corrected chi connectivity index (χ0v) is 15.6. The number of hydrogen-bond donors (Lipinski definition) is 1. The van der Waals surface area contributed by atoms with E-state index in [9.17, 15) is 0 Å². The van der Waals surface area contributed by atoms with E-state index in [1.807, 2.05) is 34.4 Å². The highest BCUT2D eigenvalue weighted by Crippen LogP contribution is 2.32. The third-order valence-electron chi connectivity index (χ3n) is 3.76. The molecule has 4 heterocycles. The molecule has 0 spiro atoms. The van der Waals surface area contributed by atoms with Crippen molar-refractivity contribution in [3.63, 3.8) is 0 Å². The van der Waals surface area contributed by atoms with E-state index < -0.39 is 0 Å². The summed E-state index contributed by atoms with van der Waals surface area (Å²) in [5.41, 5.74) is 3.94. The minimum atomic E-state index is 0.880. The molecule has 0 radical (unpaired) electrons. The number of fused-ring (bicyclic) bond motifs is 1. The summed E-state index contributed by atoms with van der Waals surface area (Å²) in [5, 5.41) is 13.7. The molecule has 0 bridgehead atoms. The number of likely N-dealkylation sites (N-methyl/N-ethyl adjacent to an activating group) is 1. The average molecular weight is 371 g/mol. The van der Waals surface area contributed by atoms with Gasteiger partial charge in [0.15, 0.2) is 5.13 Å². The van der Waals surface area contributed by atoms with Crippen molar-refractivity contribution in [2.45, 2.75) is 0 Å². The molecule has 0 saturated heterocycles. The van der Waals surface area contributed by atoms with E-state index in [1.165, 1.54) is 0 Å². The third-order valence-corrected chi connectivity index (χ3v) is 5.44. The summed E-state index contributed by atoms with van der Waals surface area (Å²) in [6.07, 6.45) is 3.81. The van der Waals surface area contributed by atoms with Crippen LogP contribution in [0, 0.1) is 0 Å². The first kappa shape index (κ1) is 16.2. The van der Waals surface area contributed by atoms with Gasteiger partial charge in [-0.25, -0.2) is 14.5 Å². The molecule has 0 atom stereocenters. The first-order chi connectivity index (χ1) is 12.2. The fourth-order valence-electron chi connectivity index (χ4n) is 2.47. The van der Waals surface area contributed by atoms with Crippen molar-refractivity contribution in [2.75, 3.05) is 32.5 Å². The molecule has 0 aromatic carbocycles. The zero-order valence-electron chi connectivity index (χ0n) is 14.0. The van der Waals surface area contributed by atoms with E-state index in [0.29, 0.717) is 0 Å². The minimum absolute atomic E-state index is 0.880. The van der Waals surface area contributed by atoms with Gasteiger partial charge in [0.2, 0.25) is 0 Å². The number of pyridine rings is 1. The summed E-state index contributed by atoms with van der Waals surface area (Å²) in [4.78, 5) is 11.6. The maximum absolute atomic E-state index is 4.77. The Labute approximate surface area is 153 Å². The van der Waals surface area contributed by atoms with E-state index in [2.05, 4.69) is 45.8 Å². The summed E-state index contributed by atoms with van der Waals surface area (Å²) < 4.78 is 1.87. The maximum Gasteiger partial charge on any atom is 0.183 e. The first-order valence-corrected chi connectivity index (χ1v) is 9.69. The van der Waals surface area contributed by atoms with E-state index in [0.717, 1.165) is 45.7 Å². The highest BCUT2D eigenvalue weighted by atomic mass is 32.1. The van der Waals surface area contributed by atoms with Gasteiger partial charge in [0.1, 0.15) is 16.4 Å². The van der Waals surface area contributed by atoms with Gasteiger partial charge >= 0.3 is 0 Å². The molecule has 4 aromatic rings. The van der Waals surface area contributed by atoms with Gasteiger partial charge in [-0.3, -0.25) is 0 Å². The molecule has 4 rings (SSSR count). The number of hydrogen-bond acceptors (Lipinski definition) is 7. The lowest BCUT2D eigenvalue weighted by Crippen LogP contribution is -2.20. The van der Waals surface area contributed by atoms with Crippen molar-refractivity contribution in [3.05, 3.63) is 41.4 Å². The molecule has 0 unspecified atom stereocenters. The second-order valence-electron chi connectivity index (χ2n) is 5.89. The molecule has 1 N–H and O–H groups in total. The van der Waals surface area contributed by atoms with Crippen LogP contribution < -0.4 is 5.32 Å². The Hall–Kier alpha value is -2.29. The number of aromatic nitrogens is 4. The van der Waals surface area contributed by atoms with Crippen LogP contribution in [0.4, 0.5) is 5.13 Å². The van der Waals surface area contributed by atoms with Crippen LogP contribution in [0.2, 0.25) is 0 Å². The molecule has 128 valence electrons. The second-order valence-corrected chi connectivity index (χ2v) is 7.61. The van der Waals surface area contributed by atoms with Gasteiger partial charge in [-0.05, 0) is 26.2 Å². The molecule has 0 aliphatic carbocycles. The molecule has 4 aromatic heterocycles. The standard InChI is InChI=1S/C17H18N6S2/c1-22(2)8-6-18-17-21-14(11-25-17)13-10-24-16(20-13)12-9-19-23-7-4-3-5-15(12)23/h3-5,7,9-11H,6,8H2,1-2H3,(H,18,21). The number of anilines is 1. The van der Waals surface area contributed by atoms with Crippen molar-refractivity contribution in [1.29, 1.82) is 0 Å². The summed E-state index contributed by atoms with van der Waals surface area (Å²) >= 11 is 3.23. The maximum atomic E-state index is 4.77. The van der Waals surface area contributed by atoms with Gasteiger partial charge < -0.3 is 10.2 Å². The highest BCUT2D eigenvalue weighted by Gasteiger charge is 2.13. The van der Waals surface area contributed by atoms with Crippen LogP contribution in [0.3, 0.4) is 0 Å². The van der Waals surface area contributed by atoms with Crippen molar-refractivity contribution < 1.29 is 0 Å². The van der Waals surface area contributed by atoms with Gasteiger partial charge in [-0.1, -0.05) is 6.07 Å². The molecule has 0 aliphatic rings. The van der Waals surface area contributed by atoms with Gasteiger partial charge in [0.25, 0.3) is 0 Å². The van der Waals surface area contributed by atoms with Crippen LogP contribution in [-0.4, -0.2) is 51.7 Å².